The molecule has 2 rings (SSSR count). The Morgan fingerprint density at radius 3 is 2.29 bits per heavy atom. The van der Waals surface area contributed by atoms with Crippen LogP contribution in [0.15, 0.2) is 18.2 Å². The minimum Gasteiger partial charge on any atom is -0.376 e. The van der Waals surface area contributed by atoms with E-state index in [2.05, 4.69) is 0 Å². The van der Waals surface area contributed by atoms with Crippen molar-refractivity contribution in [1.82, 2.24) is 0 Å². The van der Waals surface area contributed by atoms with Crippen molar-refractivity contribution in [3.63, 3.8) is 0 Å². The van der Waals surface area contributed by atoms with Crippen molar-refractivity contribution >= 4 is 0 Å². The molecule has 1 atom stereocenters. The molecule has 0 radical (unpaired) electrons. The zero-order chi connectivity index (χ0) is 15.7. The fourth-order valence-electron chi connectivity index (χ4n) is 3.28. The van der Waals surface area contributed by atoms with E-state index in [4.69, 9.17) is 10.5 Å². The number of aryl methyl sites for hydroxylation is 1. The summed E-state index contributed by atoms with van der Waals surface area (Å²) in [7, 11) is 1.64. The van der Waals surface area contributed by atoms with Gasteiger partial charge in [0.05, 0.1) is 17.2 Å². The highest BCUT2D eigenvalue weighted by Crippen LogP contribution is 2.41. The number of halogens is 3. The second kappa shape index (κ2) is 5.97. The van der Waals surface area contributed by atoms with Crippen LogP contribution >= 0.6 is 0 Å². The Morgan fingerprint density at radius 1 is 1.19 bits per heavy atom. The summed E-state index contributed by atoms with van der Waals surface area (Å²) in [6.45, 7) is 1.68. The van der Waals surface area contributed by atoms with Crippen LogP contribution in [-0.4, -0.2) is 12.7 Å². The first-order valence-electron chi connectivity index (χ1n) is 7.29. The number of hydrogen-bond donors (Lipinski definition) is 1. The summed E-state index contributed by atoms with van der Waals surface area (Å²) in [5.41, 5.74) is 6.59. The van der Waals surface area contributed by atoms with Crippen molar-refractivity contribution in [1.29, 1.82) is 0 Å². The molecule has 0 heterocycles. The zero-order valence-electron chi connectivity index (χ0n) is 12.5. The first-order valence-corrected chi connectivity index (χ1v) is 7.29. The van der Waals surface area contributed by atoms with E-state index >= 15 is 0 Å². The van der Waals surface area contributed by atoms with Gasteiger partial charge < -0.3 is 10.5 Å². The predicted octanol–water partition coefficient (Wildman–Crippen LogP) is 4.36. The highest BCUT2D eigenvalue weighted by molar-refractivity contribution is 5.36. The monoisotopic (exact) mass is 301 g/mol. The van der Waals surface area contributed by atoms with Gasteiger partial charge in [-0.05, 0) is 43.0 Å². The summed E-state index contributed by atoms with van der Waals surface area (Å²) in [6, 6.07) is 3.37. The number of alkyl halides is 3. The maximum Gasteiger partial charge on any atom is 0.416 e. The lowest BCUT2D eigenvalue weighted by Crippen LogP contribution is -2.45. The molecule has 118 valence electrons. The second-order valence-electron chi connectivity index (χ2n) is 5.88. The van der Waals surface area contributed by atoms with Gasteiger partial charge in [0.25, 0.3) is 0 Å². The average Bonchev–Trinajstić information content (AvgIpc) is 2.46. The first kappa shape index (κ1) is 16.3. The van der Waals surface area contributed by atoms with Crippen LogP contribution in [0.25, 0.3) is 0 Å². The van der Waals surface area contributed by atoms with E-state index in [9.17, 15) is 13.2 Å². The third-order valence-electron chi connectivity index (χ3n) is 4.61. The van der Waals surface area contributed by atoms with E-state index in [0.29, 0.717) is 5.56 Å². The van der Waals surface area contributed by atoms with Crippen molar-refractivity contribution in [3.8, 4) is 0 Å². The summed E-state index contributed by atoms with van der Waals surface area (Å²) in [5, 5.41) is 0. The molecule has 0 aliphatic heterocycles. The van der Waals surface area contributed by atoms with Gasteiger partial charge in [-0.2, -0.15) is 13.2 Å². The minimum atomic E-state index is -4.32. The summed E-state index contributed by atoms with van der Waals surface area (Å²) in [6.07, 6.45) is 0.625. The Balaban J connectivity index is 2.32. The van der Waals surface area contributed by atoms with Gasteiger partial charge in [-0.25, -0.2) is 0 Å². The number of rotatable bonds is 3. The van der Waals surface area contributed by atoms with Gasteiger partial charge in [0.2, 0.25) is 0 Å². The van der Waals surface area contributed by atoms with Crippen LogP contribution in [0.3, 0.4) is 0 Å². The molecule has 1 aromatic rings. The van der Waals surface area contributed by atoms with Crippen LogP contribution in [0.1, 0.15) is 54.8 Å². The predicted molar refractivity (Wildman–Crippen MR) is 75.9 cm³/mol. The van der Waals surface area contributed by atoms with Gasteiger partial charge in [-0.15, -0.1) is 0 Å². The summed E-state index contributed by atoms with van der Waals surface area (Å²) < 4.78 is 43.9. The lowest BCUT2D eigenvalue weighted by Gasteiger charge is -2.41. The largest absolute Gasteiger partial charge is 0.416 e. The molecular weight excluding hydrogens is 279 g/mol. The lowest BCUT2D eigenvalue weighted by atomic mass is 9.76. The van der Waals surface area contributed by atoms with E-state index in [1.807, 2.05) is 0 Å². The molecule has 1 unspecified atom stereocenters. The minimum absolute atomic E-state index is 0.398. The highest BCUT2D eigenvalue weighted by Gasteiger charge is 2.40. The van der Waals surface area contributed by atoms with Crippen LogP contribution < -0.4 is 5.73 Å². The maximum atomic E-state index is 12.7. The molecule has 21 heavy (non-hydrogen) atoms. The van der Waals surface area contributed by atoms with Gasteiger partial charge in [-0.3, -0.25) is 0 Å². The third-order valence-corrected chi connectivity index (χ3v) is 4.61. The van der Waals surface area contributed by atoms with E-state index < -0.39 is 23.4 Å². The molecule has 2 N–H and O–H groups in total. The average molecular weight is 301 g/mol. The smallest absolute Gasteiger partial charge is 0.376 e. The summed E-state index contributed by atoms with van der Waals surface area (Å²) >= 11 is 0. The van der Waals surface area contributed by atoms with Gasteiger partial charge in [0, 0.05) is 7.11 Å². The summed E-state index contributed by atoms with van der Waals surface area (Å²) in [5.74, 6) is 0. The van der Waals surface area contributed by atoms with Crippen molar-refractivity contribution in [2.24, 2.45) is 5.73 Å². The van der Waals surface area contributed by atoms with Gasteiger partial charge in [0.15, 0.2) is 0 Å². The molecule has 1 aliphatic rings. The Kier molecular flexibility index (Phi) is 4.63. The van der Waals surface area contributed by atoms with Gasteiger partial charge in [0.1, 0.15) is 0 Å². The molecule has 0 spiro atoms. The molecule has 1 aliphatic carbocycles. The number of nitrogens with two attached hydrogens (primary N) is 1. The molecule has 0 saturated heterocycles. The second-order valence-corrected chi connectivity index (χ2v) is 5.88. The number of hydrogen-bond acceptors (Lipinski definition) is 2. The van der Waals surface area contributed by atoms with Crippen molar-refractivity contribution in [2.45, 2.75) is 56.8 Å². The van der Waals surface area contributed by atoms with Crippen LogP contribution in [0.2, 0.25) is 0 Å². The number of ether oxygens (including phenoxy) is 1. The number of benzene rings is 1. The first-order chi connectivity index (χ1) is 9.80. The molecule has 0 amide bonds. The van der Waals surface area contributed by atoms with Crippen molar-refractivity contribution in [3.05, 3.63) is 34.9 Å². The molecule has 5 heteroatoms. The molecule has 1 aromatic carbocycles. The van der Waals surface area contributed by atoms with E-state index in [-0.39, 0.29) is 0 Å². The topological polar surface area (TPSA) is 35.2 Å². The highest BCUT2D eigenvalue weighted by atomic mass is 19.4. The maximum absolute atomic E-state index is 12.7. The molecule has 1 saturated carbocycles. The van der Waals surface area contributed by atoms with E-state index in [1.54, 1.807) is 14.0 Å². The molecule has 0 aromatic heterocycles. The van der Waals surface area contributed by atoms with Gasteiger partial charge in [-0.1, -0.05) is 25.3 Å². The molecule has 1 fully saturated rings. The Hall–Kier alpha value is -1.07. The quantitative estimate of drug-likeness (QED) is 0.900. The normalized spacial score (nSPS) is 20.3. The SMILES string of the molecule is COC1(C(N)c2ccc(C(F)(F)F)cc2C)CCCCC1. The van der Waals surface area contributed by atoms with Crippen LogP contribution in [-0.2, 0) is 10.9 Å². The number of methoxy groups -OCH3 is 1. The Labute approximate surface area is 123 Å². The van der Waals surface area contributed by atoms with E-state index in [0.717, 1.165) is 43.7 Å². The van der Waals surface area contributed by atoms with Crippen molar-refractivity contribution in [2.75, 3.05) is 7.11 Å². The standard InChI is InChI=1S/C16H22F3NO/c1-11-10-12(16(17,18)19)6-7-13(11)14(20)15(21-2)8-4-3-5-9-15/h6-7,10,14H,3-5,8-9,20H2,1-2H3. The van der Waals surface area contributed by atoms with Crippen LogP contribution in [0, 0.1) is 6.92 Å². The Morgan fingerprint density at radius 2 is 1.81 bits per heavy atom. The van der Waals surface area contributed by atoms with E-state index in [1.165, 1.54) is 12.1 Å². The fraction of sp³-hybridized carbons (Fsp3) is 0.625. The zero-order valence-corrected chi connectivity index (χ0v) is 12.5. The lowest BCUT2D eigenvalue weighted by molar-refractivity contribution is -0.137. The van der Waals surface area contributed by atoms with Crippen LogP contribution in [0.5, 0.6) is 0 Å². The molecule has 0 bridgehead atoms. The van der Waals surface area contributed by atoms with Crippen molar-refractivity contribution < 1.29 is 17.9 Å². The molecular formula is C16H22F3NO. The Bertz CT molecular complexity index is 493. The molecule has 2 nitrogen and oxygen atoms in total. The fourth-order valence-corrected chi connectivity index (χ4v) is 3.28. The van der Waals surface area contributed by atoms with Crippen LogP contribution in [0.4, 0.5) is 13.2 Å². The third kappa shape index (κ3) is 3.24. The summed E-state index contributed by atoms with van der Waals surface area (Å²) in [4.78, 5) is 0. The van der Waals surface area contributed by atoms with Gasteiger partial charge >= 0.3 is 6.18 Å².